The van der Waals surface area contributed by atoms with Crippen molar-refractivity contribution in [2.45, 2.75) is 31.9 Å². The largest absolute Gasteiger partial charge is 0.381 e. The van der Waals surface area contributed by atoms with Crippen molar-refractivity contribution in [2.24, 2.45) is 0 Å². The van der Waals surface area contributed by atoms with Gasteiger partial charge in [-0.2, -0.15) is 0 Å². The van der Waals surface area contributed by atoms with Gasteiger partial charge in [0.2, 0.25) is 0 Å². The minimum atomic E-state index is -0.348. The van der Waals surface area contributed by atoms with E-state index in [1.165, 1.54) is 12.1 Å². The molecular weight excluding hydrogens is 279 g/mol. The lowest BCUT2D eigenvalue weighted by Gasteiger charge is -2.22. The molecule has 5 heteroatoms. The minimum absolute atomic E-state index is 0.348. The fourth-order valence-corrected chi connectivity index (χ4v) is 3.00. The number of ether oxygens (including phenoxy) is 1. The Morgan fingerprint density at radius 3 is 3.00 bits per heavy atom. The van der Waals surface area contributed by atoms with Gasteiger partial charge in [0.1, 0.15) is 5.82 Å². The molecule has 1 aromatic carbocycles. The average molecular weight is 293 g/mol. The van der Waals surface area contributed by atoms with Crippen molar-refractivity contribution >= 4 is 28.2 Å². The standard InChI is InChI=1S/C15H14ClFN2O/c16-11-5-8(17)6-13-14(11)15(18-9-1-2-9)10-7-20-4-3-12(10)19-13/h5-6,9H,1-4,7H2,(H,18,19). The lowest BCUT2D eigenvalue weighted by atomic mass is 10.0. The van der Waals surface area contributed by atoms with Crippen LogP contribution in [0.15, 0.2) is 12.1 Å². The average Bonchev–Trinajstić information content (AvgIpc) is 3.21. The molecule has 0 bridgehead atoms. The highest BCUT2D eigenvalue weighted by atomic mass is 35.5. The second-order valence-corrected chi connectivity index (χ2v) is 5.82. The number of aromatic nitrogens is 1. The molecule has 1 fully saturated rings. The molecule has 0 spiro atoms. The van der Waals surface area contributed by atoms with Crippen molar-refractivity contribution in [3.63, 3.8) is 0 Å². The molecule has 2 aliphatic rings. The van der Waals surface area contributed by atoms with Crippen LogP contribution in [0.25, 0.3) is 10.9 Å². The molecule has 1 saturated carbocycles. The van der Waals surface area contributed by atoms with Gasteiger partial charge >= 0.3 is 0 Å². The van der Waals surface area contributed by atoms with Gasteiger partial charge in [-0.25, -0.2) is 4.39 Å². The van der Waals surface area contributed by atoms with Gasteiger partial charge in [0.15, 0.2) is 0 Å². The van der Waals surface area contributed by atoms with E-state index in [4.69, 9.17) is 16.3 Å². The second-order valence-electron chi connectivity index (χ2n) is 5.41. The van der Waals surface area contributed by atoms with E-state index in [9.17, 15) is 4.39 Å². The molecule has 3 nitrogen and oxygen atoms in total. The number of anilines is 1. The fourth-order valence-electron chi connectivity index (χ4n) is 2.70. The molecule has 1 N–H and O–H groups in total. The maximum atomic E-state index is 13.6. The van der Waals surface area contributed by atoms with Crippen molar-refractivity contribution in [1.29, 1.82) is 0 Å². The fraction of sp³-hybridized carbons (Fsp3) is 0.400. The summed E-state index contributed by atoms with van der Waals surface area (Å²) < 4.78 is 19.1. The molecule has 1 aromatic heterocycles. The van der Waals surface area contributed by atoms with E-state index >= 15 is 0 Å². The van der Waals surface area contributed by atoms with Crippen LogP contribution in [0.2, 0.25) is 5.02 Å². The van der Waals surface area contributed by atoms with Crippen LogP contribution in [0.1, 0.15) is 24.1 Å². The summed E-state index contributed by atoms with van der Waals surface area (Å²) in [5, 5.41) is 4.74. The van der Waals surface area contributed by atoms with Crippen LogP contribution in [0.4, 0.5) is 10.1 Å². The number of rotatable bonds is 2. The molecule has 1 aliphatic carbocycles. The van der Waals surface area contributed by atoms with Crippen LogP contribution < -0.4 is 5.32 Å². The number of halogens is 2. The normalized spacial score (nSPS) is 18.1. The third-order valence-corrected chi connectivity index (χ3v) is 4.14. The first kappa shape index (κ1) is 12.4. The summed E-state index contributed by atoms with van der Waals surface area (Å²) >= 11 is 6.25. The summed E-state index contributed by atoms with van der Waals surface area (Å²) in [4.78, 5) is 4.58. The monoisotopic (exact) mass is 292 g/mol. The summed E-state index contributed by atoms with van der Waals surface area (Å²) in [6, 6.07) is 3.29. The van der Waals surface area contributed by atoms with Crippen molar-refractivity contribution in [3.8, 4) is 0 Å². The van der Waals surface area contributed by atoms with Crippen LogP contribution in [0.3, 0.4) is 0 Å². The minimum Gasteiger partial charge on any atom is -0.381 e. The third-order valence-electron chi connectivity index (χ3n) is 3.85. The van der Waals surface area contributed by atoms with Crippen molar-refractivity contribution in [1.82, 2.24) is 4.98 Å². The van der Waals surface area contributed by atoms with Gasteiger partial charge in [0.25, 0.3) is 0 Å². The van der Waals surface area contributed by atoms with Gasteiger partial charge in [-0.15, -0.1) is 0 Å². The highest BCUT2D eigenvalue weighted by Gasteiger charge is 2.26. The molecule has 20 heavy (non-hydrogen) atoms. The Morgan fingerprint density at radius 1 is 1.35 bits per heavy atom. The zero-order valence-corrected chi connectivity index (χ0v) is 11.6. The van der Waals surface area contributed by atoms with Crippen LogP contribution in [-0.2, 0) is 17.8 Å². The first-order chi connectivity index (χ1) is 9.72. The van der Waals surface area contributed by atoms with Crippen LogP contribution in [-0.4, -0.2) is 17.6 Å². The SMILES string of the molecule is Fc1cc(Cl)c2c(NC3CC3)c3c(nc2c1)CCOC3. The first-order valence-corrected chi connectivity index (χ1v) is 7.25. The van der Waals surface area contributed by atoms with Crippen LogP contribution in [0, 0.1) is 5.82 Å². The molecule has 104 valence electrons. The Balaban J connectivity index is 2.01. The molecule has 2 aromatic rings. The summed E-state index contributed by atoms with van der Waals surface area (Å²) in [7, 11) is 0. The number of nitrogens with one attached hydrogen (secondary N) is 1. The van der Waals surface area contributed by atoms with E-state index in [1.54, 1.807) is 0 Å². The number of benzene rings is 1. The summed E-state index contributed by atoms with van der Waals surface area (Å²) in [6.07, 6.45) is 3.09. The predicted octanol–water partition coefficient (Wildman–Crippen LogP) is 3.67. The Labute approximate surface area is 121 Å². The van der Waals surface area contributed by atoms with Crippen molar-refractivity contribution < 1.29 is 9.13 Å². The van der Waals surface area contributed by atoms with Gasteiger partial charge in [0.05, 0.1) is 35.1 Å². The smallest absolute Gasteiger partial charge is 0.126 e. The number of hydrogen-bond acceptors (Lipinski definition) is 3. The van der Waals surface area contributed by atoms with E-state index in [-0.39, 0.29) is 5.82 Å². The van der Waals surface area contributed by atoms with E-state index in [0.717, 1.165) is 41.6 Å². The van der Waals surface area contributed by atoms with E-state index in [2.05, 4.69) is 10.3 Å². The lowest BCUT2D eigenvalue weighted by Crippen LogP contribution is -2.16. The quantitative estimate of drug-likeness (QED) is 0.917. The number of hydrogen-bond donors (Lipinski definition) is 1. The lowest BCUT2D eigenvalue weighted by molar-refractivity contribution is 0.110. The number of nitrogens with zero attached hydrogens (tertiary/aromatic N) is 1. The molecule has 0 unspecified atom stereocenters. The number of pyridine rings is 1. The highest BCUT2D eigenvalue weighted by molar-refractivity contribution is 6.36. The summed E-state index contributed by atoms with van der Waals surface area (Å²) in [6.45, 7) is 1.21. The first-order valence-electron chi connectivity index (χ1n) is 6.87. The van der Waals surface area contributed by atoms with E-state index in [0.29, 0.717) is 29.8 Å². The third kappa shape index (κ3) is 2.03. The van der Waals surface area contributed by atoms with E-state index < -0.39 is 0 Å². The van der Waals surface area contributed by atoms with Crippen LogP contribution in [0.5, 0.6) is 0 Å². The Hall–Kier alpha value is -1.39. The van der Waals surface area contributed by atoms with Gasteiger partial charge in [-0.3, -0.25) is 4.98 Å². The zero-order valence-electron chi connectivity index (χ0n) is 10.9. The van der Waals surface area contributed by atoms with Crippen molar-refractivity contribution in [3.05, 3.63) is 34.2 Å². The van der Waals surface area contributed by atoms with Gasteiger partial charge in [-0.05, 0) is 18.9 Å². The molecule has 0 saturated heterocycles. The molecule has 2 heterocycles. The molecule has 4 rings (SSSR count). The predicted molar refractivity (Wildman–Crippen MR) is 76.7 cm³/mol. The zero-order chi connectivity index (χ0) is 13.7. The molecule has 0 atom stereocenters. The topological polar surface area (TPSA) is 34.2 Å². The molecule has 1 aliphatic heterocycles. The second kappa shape index (κ2) is 4.57. The van der Waals surface area contributed by atoms with Gasteiger partial charge < -0.3 is 10.1 Å². The van der Waals surface area contributed by atoms with E-state index in [1.807, 2.05) is 0 Å². The Morgan fingerprint density at radius 2 is 2.20 bits per heavy atom. The molecule has 0 radical (unpaired) electrons. The maximum absolute atomic E-state index is 13.6. The van der Waals surface area contributed by atoms with Crippen molar-refractivity contribution in [2.75, 3.05) is 11.9 Å². The van der Waals surface area contributed by atoms with Gasteiger partial charge in [-0.1, -0.05) is 11.6 Å². The Bertz CT molecular complexity index is 700. The van der Waals surface area contributed by atoms with Gasteiger partial charge in [0, 0.05) is 29.5 Å². The van der Waals surface area contributed by atoms with Crippen LogP contribution >= 0.6 is 11.6 Å². The number of fused-ring (bicyclic) bond motifs is 2. The molecule has 0 amide bonds. The molecular formula is C15H14ClFN2O. The maximum Gasteiger partial charge on any atom is 0.126 e. The summed E-state index contributed by atoms with van der Waals surface area (Å²) in [5.41, 5.74) is 3.67. The highest BCUT2D eigenvalue weighted by Crippen LogP contribution is 2.38. The summed E-state index contributed by atoms with van der Waals surface area (Å²) in [5.74, 6) is -0.348. The Kier molecular flexibility index (Phi) is 2.82.